The number of carbonyl (C=O) groups is 1. The lowest BCUT2D eigenvalue weighted by atomic mass is 10.3. The monoisotopic (exact) mass is 467 g/mol. The van der Waals surface area contributed by atoms with Gasteiger partial charge in [0.15, 0.2) is 0 Å². The molecule has 162 valence electrons. The Morgan fingerprint density at radius 3 is 2.20 bits per heavy atom. The van der Waals surface area contributed by atoms with Crippen molar-refractivity contribution in [2.24, 2.45) is 0 Å². The first-order valence-electron chi connectivity index (χ1n) is 7.69. The molecule has 0 heterocycles. The molecule has 0 aliphatic carbocycles. The van der Waals surface area contributed by atoms with Gasteiger partial charge in [0.25, 0.3) is 15.5 Å². The average Bonchev–Trinajstić information content (AvgIpc) is 2.67. The van der Waals surface area contributed by atoms with E-state index in [0.29, 0.717) is 17.9 Å². The molecule has 0 saturated heterocycles. The van der Waals surface area contributed by atoms with Gasteiger partial charge in [0.1, 0.15) is 22.1 Å². The number of rotatable bonds is 7. The van der Waals surface area contributed by atoms with Crippen molar-refractivity contribution >= 4 is 32.3 Å². The van der Waals surface area contributed by atoms with Crippen LogP contribution in [0.25, 0.3) is 0 Å². The van der Waals surface area contributed by atoms with E-state index in [4.69, 9.17) is 9.47 Å². The summed E-state index contributed by atoms with van der Waals surface area (Å²) in [5.41, 5.74) is -6.82. The van der Waals surface area contributed by atoms with Crippen LogP contribution in [-0.2, 0) is 25.4 Å². The molecule has 2 rings (SSSR count). The van der Waals surface area contributed by atoms with Crippen molar-refractivity contribution in [1.82, 2.24) is 0 Å². The number of hydrogen-bond donors (Lipinski definition) is 0. The number of esters is 1. The molecule has 0 fully saturated rings. The van der Waals surface area contributed by atoms with E-state index in [1.807, 2.05) is 0 Å². The Hall–Kier alpha value is -3.00. The number of nitrogens with zero attached hydrogens (tertiary/aromatic N) is 1. The van der Waals surface area contributed by atoms with Crippen molar-refractivity contribution in [1.29, 1.82) is 0 Å². The lowest BCUT2D eigenvalue weighted by molar-refractivity contribution is -0.388. The third kappa shape index (κ3) is 5.13. The van der Waals surface area contributed by atoms with E-state index in [0.717, 1.165) is 0 Å². The number of benzene rings is 2. The summed E-state index contributed by atoms with van der Waals surface area (Å²) in [5, 5.41) is 11.2. The molecule has 0 bridgehead atoms. The summed E-state index contributed by atoms with van der Waals surface area (Å²) in [5.74, 6) is -1.36. The van der Waals surface area contributed by atoms with Gasteiger partial charge < -0.3 is 9.47 Å². The normalized spacial score (nSPS) is 12.8. The first-order chi connectivity index (χ1) is 13.9. The zero-order valence-electron chi connectivity index (χ0n) is 14.9. The molecule has 0 aliphatic rings. The van der Waals surface area contributed by atoms with Crippen LogP contribution >= 0.6 is 0 Å². The second-order valence-corrected chi connectivity index (χ2v) is 8.84. The zero-order valence-corrected chi connectivity index (χ0v) is 16.5. The predicted molar refractivity (Wildman–Crippen MR) is 96.2 cm³/mol. The third-order valence-corrected chi connectivity index (χ3v) is 6.35. The van der Waals surface area contributed by atoms with E-state index in [-0.39, 0.29) is 11.8 Å². The second kappa shape index (κ2) is 8.79. The van der Waals surface area contributed by atoms with Gasteiger partial charge in [-0.25, -0.2) is 8.42 Å². The maximum atomic E-state index is 12.7. The molecular weight excluding hydrogens is 455 g/mol. The summed E-state index contributed by atoms with van der Waals surface area (Å²) in [6.45, 7) is 0. The second-order valence-electron chi connectivity index (χ2n) is 5.48. The van der Waals surface area contributed by atoms with E-state index in [9.17, 15) is 40.7 Å². The summed E-state index contributed by atoms with van der Waals surface area (Å²) in [7, 11) is -6.83. The molecule has 0 amide bonds. The van der Waals surface area contributed by atoms with Crippen LogP contribution < -0.4 is 9.47 Å². The number of halogens is 3. The molecule has 2 aromatic rings. The van der Waals surface area contributed by atoms with Gasteiger partial charge in [-0.1, -0.05) is 0 Å². The SMILES string of the molecule is COc1ccc(OC(=O)CS(=O)c2ccc(S(=O)(=O)C(F)(F)F)cc2[N+](=O)[O-])cc1. The number of hydrogen-bond acceptors (Lipinski definition) is 8. The van der Waals surface area contributed by atoms with E-state index >= 15 is 0 Å². The van der Waals surface area contributed by atoms with Crippen LogP contribution in [0.5, 0.6) is 11.5 Å². The van der Waals surface area contributed by atoms with E-state index in [1.165, 1.54) is 31.4 Å². The first-order valence-corrected chi connectivity index (χ1v) is 10.5. The molecule has 1 unspecified atom stereocenters. The van der Waals surface area contributed by atoms with Gasteiger partial charge in [-0.05, 0) is 36.4 Å². The summed E-state index contributed by atoms with van der Waals surface area (Å²) >= 11 is 0. The van der Waals surface area contributed by atoms with Gasteiger partial charge in [0.05, 0.1) is 27.7 Å². The summed E-state index contributed by atoms with van der Waals surface area (Å²) in [4.78, 5) is 19.9. The van der Waals surface area contributed by atoms with Crippen LogP contribution in [0.2, 0.25) is 0 Å². The van der Waals surface area contributed by atoms with Crippen LogP contribution in [0.4, 0.5) is 18.9 Å². The maximum absolute atomic E-state index is 12.7. The maximum Gasteiger partial charge on any atom is 0.501 e. The van der Waals surface area contributed by atoms with Gasteiger partial charge in [-0.3, -0.25) is 19.1 Å². The van der Waals surface area contributed by atoms with Crippen molar-refractivity contribution in [2.45, 2.75) is 15.3 Å². The summed E-state index contributed by atoms with van der Waals surface area (Å²) < 4.78 is 83.0. The van der Waals surface area contributed by atoms with Crippen molar-refractivity contribution < 1.29 is 45.0 Å². The van der Waals surface area contributed by atoms with Crippen molar-refractivity contribution in [3.8, 4) is 11.5 Å². The molecular formula is C16H12F3NO8S2. The number of carbonyl (C=O) groups excluding carboxylic acids is 1. The molecule has 9 nitrogen and oxygen atoms in total. The Morgan fingerprint density at radius 2 is 1.70 bits per heavy atom. The van der Waals surface area contributed by atoms with Gasteiger partial charge in [0.2, 0.25) is 0 Å². The highest BCUT2D eigenvalue weighted by Crippen LogP contribution is 2.34. The Kier molecular flexibility index (Phi) is 6.82. The van der Waals surface area contributed by atoms with Crippen LogP contribution in [0.15, 0.2) is 52.3 Å². The smallest absolute Gasteiger partial charge is 0.497 e. The van der Waals surface area contributed by atoms with Crippen LogP contribution in [0.3, 0.4) is 0 Å². The molecule has 0 saturated carbocycles. The molecule has 2 aromatic carbocycles. The Labute approximate surface area is 169 Å². The number of sulfone groups is 1. The molecule has 0 N–H and O–H groups in total. The topological polar surface area (TPSA) is 130 Å². The highest BCUT2D eigenvalue weighted by atomic mass is 32.2. The van der Waals surface area contributed by atoms with Gasteiger partial charge in [-0.2, -0.15) is 13.2 Å². The van der Waals surface area contributed by atoms with E-state index in [2.05, 4.69) is 0 Å². The Morgan fingerprint density at radius 1 is 1.13 bits per heavy atom. The predicted octanol–water partition coefficient (Wildman–Crippen LogP) is 2.61. The molecule has 14 heteroatoms. The third-order valence-electron chi connectivity index (χ3n) is 3.53. The number of nitro groups is 1. The molecule has 30 heavy (non-hydrogen) atoms. The Balaban J connectivity index is 2.26. The minimum Gasteiger partial charge on any atom is -0.497 e. The van der Waals surface area contributed by atoms with Crippen LogP contribution in [0, 0.1) is 10.1 Å². The number of ether oxygens (including phenoxy) is 2. The van der Waals surface area contributed by atoms with Crippen molar-refractivity contribution in [3.05, 3.63) is 52.6 Å². The number of alkyl halides is 3. The van der Waals surface area contributed by atoms with Crippen molar-refractivity contribution in [3.63, 3.8) is 0 Å². The fourth-order valence-corrected chi connectivity index (χ4v) is 3.92. The standard InChI is InChI=1S/C16H12F3NO8S2/c1-27-10-2-4-11(5-3-10)28-15(21)9-29(24)14-7-6-12(8-13(14)20(22)23)30(25,26)16(17,18)19/h2-8H,9H2,1H3. The average molecular weight is 467 g/mol. The molecule has 0 aliphatic heterocycles. The fourth-order valence-electron chi connectivity index (χ4n) is 2.12. The zero-order chi connectivity index (χ0) is 22.7. The van der Waals surface area contributed by atoms with Crippen LogP contribution in [0.1, 0.15) is 0 Å². The highest BCUT2D eigenvalue weighted by Gasteiger charge is 2.47. The minimum absolute atomic E-state index is 0.0684. The van der Waals surface area contributed by atoms with E-state index < -0.39 is 58.3 Å². The lowest BCUT2D eigenvalue weighted by Crippen LogP contribution is -2.23. The van der Waals surface area contributed by atoms with Gasteiger partial charge in [-0.15, -0.1) is 0 Å². The van der Waals surface area contributed by atoms with Crippen molar-refractivity contribution in [2.75, 3.05) is 12.9 Å². The Bertz CT molecular complexity index is 1100. The molecule has 0 aromatic heterocycles. The van der Waals surface area contributed by atoms with Gasteiger partial charge in [0, 0.05) is 6.07 Å². The highest BCUT2D eigenvalue weighted by molar-refractivity contribution is 7.92. The largest absolute Gasteiger partial charge is 0.501 e. The molecule has 0 spiro atoms. The minimum atomic E-state index is -5.85. The fraction of sp³-hybridized carbons (Fsp3) is 0.188. The molecule has 0 radical (unpaired) electrons. The molecule has 1 atom stereocenters. The van der Waals surface area contributed by atoms with Crippen LogP contribution in [-0.4, -0.2) is 41.9 Å². The lowest BCUT2D eigenvalue weighted by Gasteiger charge is -2.09. The quantitative estimate of drug-likeness (QED) is 0.263. The summed E-state index contributed by atoms with van der Waals surface area (Å²) in [6, 6.07) is 6.86. The first kappa shape index (κ1) is 23.3. The van der Waals surface area contributed by atoms with E-state index in [1.54, 1.807) is 0 Å². The number of methoxy groups -OCH3 is 1. The number of nitro benzene ring substituents is 1. The van der Waals surface area contributed by atoms with Gasteiger partial charge >= 0.3 is 11.5 Å². The summed E-state index contributed by atoms with van der Waals surface area (Å²) in [6.07, 6.45) is 0.